The van der Waals surface area contributed by atoms with Crippen LogP contribution in [0.15, 0.2) is 77.8 Å². The first-order chi connectivity index (χ1) is 13.5. The molecule has 1 heterocycles. The second kappa shape index (κ2) is 8.62. The highest BCUT2D eigenvalue weighted by atomic mass is 32.2. The average molecular weight is 399 g/mol. The summed E-state index contributed by atoms with van der Waals surface area (Å²) in [5.41, 5.74) is 1.17. The maximum atomic E-state index is 13.0. The fraction of sp³-hybridized carbons (Fsp3) is 0.100. The lowest BCUT2D eigenvalue weighted by Crippen LogP contribution is -2.27. The van der Waals surface area contributed by atoms with Crippen LogP contribution in [0.3, 0.4) is 0 Å². The molecule has 3 aromatic rings. The fourth-order valence-corrected chi connectivity index (χ4v) is 3.61. The number of amides is 1. The third-order valence-corrected chi connectivity index (χ3v) is 5.31. The highest BCUT2D eigenvalue weighted by molar-refractivity contribution is 7.92. The van der Waals surface area contributed by atoms with Crippen LogP contribution in [0.25, 0.3) is 0 Å². The molecule has 0 aliphatic rings. The van der Waals surface area contributed by atoms with E-state index in [-0.39, 0.29) is 16.1 Å². The molecule has 144 valence electrons. The van der Waals surface area contributed by atoms with Crippen LogP contribution < -0.4 is 10.0 Å². The van der Waals surface area contributed by atoms with Gasteiger partial charge >= 0.3 is 0 Å². The Bertz CT molecular complexity index is 1060. The highest BCUT2D eigenvalue weighted by Crippen LogP contribution is 2.20. The van der Waals surface area contributed by atoms with Crippen LogP contribution in [0.5, 0.6) is 0 Å². The van der Waals surface area contributed by atoms with Gasteiger partial charge in [-0.25, -0.2) is 12.8 Å². The third kappa shape index (κ3) is 4.92. The Kier molecular flexibility index (Phi) is 6.00. The summed E-state index contributed by atoms with van der Waals surface area (Å²) in [5, 5.41) is 2.76. The van der Waals surface area contributed by atoms with Crippen LogP contribution in [-0.4, -0.2) is 25.9 Å². The van der Waals surface area contributed by atoms with Crippen LogP contribution in [-0.2, 0) is 16.4 Å². The number of rotatable bonds is 7. The summed E-state index contributed by atoms with van der Waals surface area (Å²) in [6, 6.07) is 16.3. The molecule has 0 atom stereocenters. The van der Waals surface area contributed by atoms with E-state index in [0.29, 0.717) is 13.0 Å². The average Bonchev–Trinajstić information content (AvgIpc) is 2.69. The van der Waals surface area contributed by atoms with Crippen LogP contribution in [0.2, 0.25) is 0 Å². The van der Waals surface area contributed by atoms with Crippen LogP contribution in [0.1, 0.15) is 16.1 Å². The molecule has 0 saturated heterocycles. The van der Waals surface area contributed by atoms with Crippen molar-refractivity contribution < 1.29 is 17.6 Å². The monoisotopic (exact) mass is 399 g/mol. The number of para-hydroxylation sites is 1. The highest BCUT2D eigenvalue weighted by Gasteiger charge is 2.18. The van der Waals surface area contributed by atoms with E-state index in [0.717, 1.165) is 30.0 Å². The van der Waals surface area contributed by atoms with Gasteiger partial charge in [-0.3, -0.25) is 14.5 Å². The molecule has 8 heteroatoms. The molecule has 2 N–H and O–H groups in total. The topological polar surface area (TPSA) is 88.2 Å². The SMILES string of the molecule is O=C(NCCc1ccccn1)c1ccccc1NS(=O)(=O)c1ccc(F)cc1. The number of halogens is 1. The molecule has 0 fully saturated rings. The zero-order chi connectivity index (χ0) is 20.0. The molecular weight excluding hydrogens is 381 g/mol. The van der Waals surface area contributed by atoms with Crippen LogP contribution in [0.4, 0.5) is 10.1 Å². The molecule has 0 radical (unpaired) electrons. The molecule has 0 bridgehead atoms. The molecule has 1 aromatic heterocycles. The molecule has 0 aliphatic heterocycles. The van der Waals surface area contributed by atoms with E-state index in [2.05, 4.69) is 15.0 Å². The summed E-state index contributed by atoms with van der Waals surface area (Å²) in [6.45, 7) is 0.356. The summed E-state index contributed by atoms with van der Waals surface area (Å²) in [6.07, 6.45) is 2.23. The van der Waals surface area contributed by atoms with E-state index < -0.39 is 21.7 Å². The summed E-state index contributed by atoms with van der Waals surface area (Å²) >= 11 is 0. The summed E-state index contributed by atoms with van der Waals surface area (Å²) in [4.78, 5) is 16.6. The van der Waals surface area contributed by atoms with E-state index >= 15 is 0 Å². The minimum atomic E-state index is -3.96. The van der Waals surface area contributed by atoms with E-state index in [4.69, 9.17) is 0 Å². The van der Waals surface area contributed by atoms with E-state index in [1.807, 2.05) is 18.2 Å². The standard InChI is InChI=1S/C20H18FN3O3S/c21-15-8-10-17(11-9-15)28(26,27)24-19-7-2-1-6-18(19)20(25)23-14-12-16-5-3-4-13-22-16/h1-11,13,24H,12,14H2,(H,23,25). The van der Waals surface area contributed by atoms with Crippen molar-refractivity contribution in [2.75, 3.05) is 11.3 Å². The number of carbonyl (C=O) groups is 1. The van der Waals surface area contributed by atoms with Crippen LogP contribution >= 0.6 is 0 Å². The lowest BCUT2D eigenvalue weighted by atomic mass is 10.1. The zero-order valence-corrected chi connectivity index (χ0v) is 15.6. The van der Waals surface area contributed by atoms with Crippen molar-refractivity contribution in [2.24, 2.45) is 0 Å². The lowest BCUT2D eigenvalue weighted by molar-refractivity contribution is 0.0955. The van der Waals surface area contributed by atoms with E-state index in [1.165, 1.54) is 12.1 Å². The molecule has 2 aromatic carbocycles. The fourth-order valence-electron chi connectivity index (χ4n) is 2.53. The van der Waals surface area contributed by atoms with Gasteiger partial charge in [-0.1, -0.05) is 18.2 Å². The predicted octanol–water partition coefficient (Wildman–Crippen LogP) is 2.99. The minimum absolute atomic E-state index is 0.0979. The van der Waals surface area contributed by atoms with Crippen molar-refractivity contribution in [3.8, 4) is 0 Å². The Labute approximate surface area is 162 Å². The van der Waals surface area contributed by atoms with Crippen molar-refractivity contribution in [1.29, 1.82) is 0 Å². The molecule has 6 nitrogen and oxygen atoms in total. The van der Waals surface area contributed by atoms with Crippen molar-refractivity contribution >= 4 is 21.6 Å². The minimum Gasteiger partial charge on any atom is -0.352 e. The summed E-state index contributed by atoms with van der Waals surface area (Å²) in [5.74, 6) is -0.944. The van der Waals surface area contributed by atoms with E-state index in [1.54, 1.807) is 18.3 Å². The number of nitrogens with one attached hydrogen (secondary N) is 2. The molecule has 0 unspecified atom stereocenters. The molecule has 1 amide bonds. The number of aromatic nitrogens is 1. The van der Waals surface area contributed by atoms with Gasteiger partial charge in [0.25, 0.3) is 15.9 Å². The smallest absolute Gasteiger partial charge is 0.261 e. The number of nitrogens with zero attached hydrogens (tertiary/aromatic N) is 1. The molecule has 0 aliphatic carbocycles. The Balaban J connectivity index is 1.71. The number of hydrogen-bond acceptors (Lipinski definition) is 4. The molecule has 3 rings (SSSR count). The second-order valence-corrected chi connectivity index (χ2v) is 7.61. The predicted molar refractivity (Wildman–Crippen MR) is 104 cm³/mol. The quantitative estimate of drug-likeness (QED) is 0.639. The van der Waals surface area contributed by atoms with Gasteiger partial charge < -0.3 is 5.32 Å². The normalized spacial score (nSPS) is 11.0. The lowest BCUT2D eigenvalue weighted by Gasteiger charge is -2.13. The van der Waals surface area contributed by atoms with Gasteiger partial charge in [0.2, 0.25) is 0 Å². The number of anilines is 1. The van der Waals surface area contributed by atoms with Crippen molar-refractivity contribution in [3.05, 3.63) is 90.0 Å². The number of pyridine rings is 1. The van der Waals surface area contributed by atoms with Crippen molar-refractivity contribution in [1.82, 2.24) is 10.3 Å². The van der Waals surface area contributed by atoms with Gasteiger partial charge in [-0.2, -0.15) is 0 Å². The van der Waals surface area contributed by atoms with Crippen LogP contribution in [0, 0.1) is 5.82 Å². The third-order valence-electron chi connectivity index (χ3n) is 3.93. The first-order valence-electron chi connectivity index (χ1n) is 8.51. The first-order valence-corrected chi connectivity index (χ1v) is 9.99. The van der Waals surface area contributed by atoms with Crippen molar-refractivity contribution in [3.63, 3.8) is 0 Å². The van der Waals surface area contributed by atoms with Gasteiger partial charge in [-0.15, -0.1) is 0 Å². The molecule has 0 saturated carbocycles. The summed E-state index contributed by atoms with van der Waals surface area (Å²) < 4.78 is 40.5. The zero-order valence-electron chi connectivity index (χ0n) is 14.8. The molecular formula is C20H18FN3O3S. The maximum absolute atomic E-state index is 13.0. The number of hydrogen-bond donors (Lipinski definition) is 2. The van der Waals surface area contributed by atoms with Gasteiger partial charge in [0, 0.05) is 24.9 Å². The maximum Gasteiger partial charge on any atom is 0.261 e. The molecule has 28 heavy (non-hydrogen) atoms. The van der Waals surface area contributed by atoms with Gasteiger partial charge in [0.1, 0.15) is 5.82 Å². The van der Waals surface area contributed by atoms with Gasteiger partial charge in [0.15, 0.2) is 0 Å². The first kappa shape index (κ1) is 19.5. The Morgan fingerprint density at radius 2 is 1.68 bits per heavy atom. The Morgan fingerprint density at radius 3 is 2.39 bits per heavy atom. The second-order valence-electron chi connectivity index (χ2n) is 5.93. The Morgan fingerprint density at radius 1 is 0.964 bits per heavy atom. The summed E-state index contributed by atoms with van der Waals surface area (Å²) in [7, 11) is -3.96. The number of sulfonamides is 1. The van der Waals surface area contributed by atoms with E-state index in [9.17, 15) is 17.6 Å². The largest absolute Gasteiger partial charge is 0.352 e. The number of carbonyl (C=O) groups excluding carboxylic acids is 1. The number of benzene rings is 2. The van der Waals surface area contributed by atoms with Gasteiger partial charge in [0.05, 0.1) is 16.1 Å². The Hall–Kier alpha value is -3.26. The molecule has 0 spiro atoms. The van der Waals surface area contributed by atoms with Crippen molar-refractivity contribution in [2.45, 2.75) is 11.3 Å². The van der Waals surface area contributed by atoms with Gasteiger partial charge in [-0.05, 0) is 48.5 Å².